The number of anilines is 1. The van der Waals surface area contributed by atoms with Gasteiger partial charge in [-0.3, -0.25) is 0 Å². The van der Waals surface area contributed by atoms with Crippen molar-refractivity contribution in [3.63, 3.8) is 0 Å². The van der Waals surface area contributed by atoms with Gasteiger partial charge in [0, 0.05) is 31.9 Å². The van der Waals surface area contributed by atoms with Crippen LogP contribution in [-0.2, 0) is 16.6 Å². The minimum atomic E-state index is -3.72. The van der Waals surface area contributed by atoms with E-state index in [1.807, 2.05) is 13.0 Å². The first-order chi connectivity index (χ1) is 13.8. The van der Waals surface area contributed by atoms with E-state index in [1.165, 1.54) is 17.3 Å². The molecule has 0 saturated carbocycles. The highest BCUT2D eigenvalue weighted by Gasteiger charge is 2.08. The number of hydrogen-bond donors (Lipinski definition) is 3. The average Bonchev–Trinajstić information content (AvgIpc) is 2.69. The number of nitrogens with two attached hydrogens (primary N) is 1. The van der Waals surface area contributed by atoms with Gasteiger partial charge in [-0.25, -0.2) is 18.5 Å². The first kappa shape index (κ1) is 26.2. The van der Waals surface area contributed by atoms with Crippen molar-refractivity contribution in [2.24, 2.45) is 10.1 Å². The van der Waals surface area contributed by atoms with Gasteiger partial charge in [-0.15, -0.1) is 24.0 Å². The van der Waals surface area contributed by atoms with Crippen molar-refractivity contribution in [3.8, 4) is 0 Å². The SMILES string of the molecule is CCNC(=NCc1cccc(S(N)(=O)=O)c1)NCCN(CC)c1cccc(C)c1.I. The topological polar surface area (TPSA) is 99.8 Å². The maximum Gasteiger partial charge on any atom is 0.238 e. The Labute approximate surface area is 197 Å². The molecular formula is C21H32IN5O2S. The van der Waals surface area contributed by atoms with Crippen molar-refractivity contribution in [1.29, 1.82) is 0 Å². The maximum absolute atomic E-state index is 11.5. The zero-order chi connectivity index (χ0) is 21.3. The van der Waals surface area contributed by atoms with Crippen molar-refractivity contribution in [2.45, 2.75) is 32.2 Å². The number of rotatable bonds is 9. The monoisotopic (exact) mass is 545 g/mol. The summed E-state index contributed by atoms with van der Waals surface area (Å²) < 4.78 is 23.0. The average molecular weight is 545 g/mol. The lowest BCUT2D eigenvalue weighted by Crippen LogP contribution is -2.41. The lowest BCUT2D eigenvalue weighted by atomic mass is 10.2. The molecule has 0 saturated heterocycles. The van der Waals surface area contributed by atoms with Crippen molar-refractivity contribution < 1.29 is 8.42 Å². The third-order valence-electron chi connectivity index (χ3n) is 4.41. The van der Waals surface area contributed by atoms with Crippen LogP contribution in [0.5, 0.6) is 0 Å². The molecule has 4 N–H and O–H groups in total. The van der Waals surface area contributed by atoms with Crippen molar-refractivity contribution in [3.05, 3.63) is 59.7 Å². The molecule has 30 heavy (non-hydrogen) atoms. The van der Waals surface area contributed by atoms with E-state index >= 15 is 0 Å². The highest BCUT2D eigenvalue weighted by atomic mass is 127. The molecule has 0 aliphatic carbocycles. The third-order valence-corrected chi connectivity index (χ3v) is 5.32. The summed E-state index contributed by atoms with van der Waals surface area (Å²) in [5.74, 6) is 0.689. The molecule has 0 bridgehead atoms. The van der Waals surface area contributed by atoms with E-state index < -0.39 is 10.0 Å². The molecule has 2 rings (SSSR count). The van der Waals surface area contributed by atoms with Gasteiger partial charge in [-0.1, -0.05) is 24.3 Å². The van der Waals surface area contributed by atoms with Crippen LogP contribution in [0, 0.1) is 6.92 Å². The molecule has 0 amide bonds. The Morgan fingerprint density at radius 3 is 2.47 bits per heavy atom. The molecule has 0 aliphatic heterocycles. The lowest BCUT2D eigenvalue weighted by Gasteiger charge is -2.24. The molecule has 0 aromatic heterocycles. The van der Waals surface area contributed by atoms with Gasteiger partial charge in [0.1, 0.15) is 0 Å². The number of benzene rings is 2. The van der Waals surface area contributed by atoms with Crippen LogP contribution in [0.1, 0.15) is 25.0 Å². The van der Waals surface area contributed by atoms with Crippen LogP contribution in [0.2, 0.25) is 0 Å². The van der Waals surface area contributed by atoms with E-state index in [9.17, 15) is 8.42 Å². The number of primary sulfonamides is 1. The van der Waals surface area contributed by atoms with E-state index in [2.05, 4.69) is 58.6 Å². The van der Waals surface area contributed by atoms with Crippen LogP contribution < -0.4 is 20.7 Å². The molecule has 2 aromatic rings. The van der Waals surface area contributed by atoms with Gasteiger partial charge in [0.25, 0.3) is 0 Å². The molecule has 0 radical (unpaired) electrons. The summed E-state index contributed by atoms with van der Waals surface area (Å²) in [5, 5.41) is 11.8. The summed E-state index contributed by atoms with van der Waals surface area (Å²) >= 11 is 0. The standard InChI is InChI=1S/C21H31N5O2S.HI/c1-4-23-21(25-16-18-9-7-11-20(15-18)29(22,27)28)24-12-13-26(5-2)19-10-6-8-17(3)14-19;/h6-11,14-15H,4-5,12-13,16H2,1-3H3,(H2,22,27,28)(H2,23,24,25);1H. The summed E-state index contributed by atoms with van der Waals surface area (Å²) in [6.45, 7) is 9.81. The van der Waals surface area contributed by atoms with Crippen LogP contribution in [-0.4, -0.2) is 40.6 Å². The fourth-order valence-corrected chi connectivity index (χ4v) is 3.52. The highest BCUT2D eigenvalue weighted by molar-refractivity contribution is 14.0. The van der Waals surface area contributed by atoms with Crippen LogP contribution in [0.3, 0.4) is 0 Å². The van der Waals surface area contributed by atoms with E-state index in [1.54, 1.807) is 12.1 Å². The number of nitrogens with one attached hydrogen (secondary N) is 2. The molecular weight excluding hydrogens is 513 g/mol. The highest BCUT2D eigenvalue weighted by Crippen LogP contribution is 2.15. The number of guanidine groups is 1. The fourth-order valence-electron chi connectivity index (χ4n) is 2.94. The van der Waals surface area contributed by atoms with Crippen LogP contribution >= 0.6 is 24.0 Å². The smallest absolute Gasteiger partial charge is 0.238 e. The lowest BCUT2D eigenvalue weighted by molar-refractivity contribution is 0.597. The molecule has 0 heterocycles. The summed E-state index contributed by atoms with van der Waals surface area (Å²) in [6.07, 6.45) is 0. The van der Waals surface area contributed by atoms with Crippen LogP contribution in [0.4, 0.5) is 5.69 Å². The number of aliphatic imine (C=N–C) groups is 1. The Bertz CT molecular complexity index is 934. The largest absolute Gasteiger partial charge is 0.370 e. The minimum Gasteiger partial charge on any atom is -0.370 e. The van der Waals surface area contributed by atoms with Crippen molar-refractivity contribution >= 4 is 45.6 Å². The molecule has 2 aromatic carbocycles. The number of likely N-dealkylation sites (N-methyl/N-ethyl adjacent to an activating group) is 1. The normalized spacial score (nSPS) is 11.5. The van der Waals surface area contributed by atoms with Crippen LogP contribution in [0.15, 0.2) is 58.4 Å². The molecule has 9 heteroatoms. The van der Waals surface area contributed by atoms with E-state index in [-0.39, 0.29) is 28.9 Å². The second kappa shape index (κ2) is 12.8. The fraction of sp³-hybridized carbons (Fsp3) is 0.381. The van der Waals surface area contributed by atoms with E-state index in [0.717, 1.165) is 31.7 Å². The molecule has 166 valence electrons. The molecule has 0 aliphatic rings. The Morgan fingerprint density at radius 1 is 1.10 bits per heavy atom. The predicted molar refractivity (Wildman–Crippen MR) is 135 cm³/mol. The number of halogens is 1. The van der Waals surface area contributed by atoms with Gasteiger partial charge in [0.2, 0.25) is 10.0 Å². The first-order valence-electron chi connectivity index (χ1n) is 9.79. The van der Waals surface area contributed by atoms with Gasteiger partial charge in [-0.2, -0.15) is 0 Å². The van der Waals surface area contributed by atoms with Gasteiger partial charge in [0.15, 0.2) is 5.96 Å². The Morgan fingerprint density at radius 2 is 1.83 bits per heavy atom. The number of nitrogens with zero attached hydrogens (tertiary/aromatic N) is 2. The second-order valence-corrected chi connectivity index (χ2v) is 8.29. The zero-order valence-electron chi connectivity index (χ0n) is 17.8. The molecule has 0 atom stereocenters. The Kier molecular flexibility index (Phi) is 11.1. The zero-order valence-corrected chi connectivity index (χ0v) is 20.9. The molecule has 0 unspecified atom stereocenters. The first-order valence-corrected chi connectivity index (χ1v) is 11.3. The molecule has 0 spiro atoms. The molecule has 0 fully saturated rings. The van der Waals surface area contributed by atoms with Gasteiger partial charge in [0.05, 0.1) is 11.4 Å². The Hall–Kier alpha value is -1.85. The Balaban J connectivity index is 0.00000450. The van der Waals surface area contributed by atoms with Crippen molar-refractivity contribution in [1.82, 2.24) is 10.6 Å². The maximum atomic E-state index is 11.5. The number of hydrogen-bond acceptors (Lipinski definition) is 4. The summed E-state index contributed by atoms with van der Waals surface area (Å²) in [6, 6.07) is 15.0. The predicted octanol–water partition coefficient (Wildman–Crippen LogP) is 2.84. The summed E-state index contributed by atoms with van der Waals surface area (Å²) in [7, 11) is -3.72. The number of sulfonamides is 1. The molecule has 7 nitrogen and oxygen atoms in total. The van der Waals surface area contributed by atoms with Gasteiger partial charge < -0.3 is 15.5 Å². The second-order valence-electron chi connectivity index (χ2n) is 6.73. The van der Waals surface area contributed by atoms with Crippen molar-refractivity contribution in [2.75, 3.05) is 31.1 Å². The van der Waals surface area contributed by atoms with E-state index in [0.29, 0.717) is 12.5 Å². The quantitative estimate of drug-likeness (QED) is 0.256. The van der Waals surface area contributed by atoms with Crippen LogP contribution in [0.25, 0.3) is 0 Å². The summed E-state index contributed by atoms with van der Waals surface area (Å²) in [5.41, 5.74) is 3.23. The van der Waals surface area contributed by atoms with Gasteiger partial charge >= 0.3 is 0 Å². The summed E-state index contributed by atoms with van der Waals surface area (Å²) in [4.78, 5) is 6.96. The third kappa shape index (κ3) is 8.49. The minimum absolute atomic E-state index is 0. The van der Waals surface area contributed by atoms with Gasteiger partial charge in [-0.05, 0) is 56.2 Å². The number of aryl methyl sites for hydroxylation is 1. The van der Waals surface area contributed by atoms with E-state index in [4.69, 9.17) is 5.14 Å².